The molecule has 0 N–H and O–H groups in total. The lowest BCUT2D eigenvalue weighted by Crippen LogP contribution is -2.42. The minimum atomic E-state index is -0.373. The van der Waals surface area contributed by atoms with Gasteiger partial charge in [-0.3, -0.25) is 14.5 Å². The fourth-order valence-electron chi connectivity index (χ4n) is 4.07. The summed E-state index contributed by atoms with van der Waals surface area (Å²) in [5, 5.41) is 0. The first kappa shape index (κ1) is 15.1. The summed E-state index contributed by atoms with van der Waals surface area (Å²) in [6.45, 7) is 2.28. The quantitative estimate of drug-likeness (QED) is 0.798. The molecular formula is C18H22N2O2S. The molecular weight excluding hydrogens is 308 g/mol. The molecule has 2 amide bonds. The van der Waals surface area contributed by atoms with Crippen molar-refractivity contribution in [3.05, 3.63) is 29.8 Å². The van der Waals surface area contributed by atoms with Crippen LogP contribution in [0.4, 0.5) is 5.69 Å². The minimum Gasteiger partial charge on any atom is -0.370 e. The number of para-hydroxylation sites is 1. The summed E-state index contributed by atoms with van der Waals surface area (Å²) in [5.74, 6) is 1.94. The Hall–Kier alpha value is -1.49. The molecule has 0 unspecified atom stereocenters. The smallest absolute Gasteiger partial charge is 0.236 e. The van der Waals surface area contributed by atoms with Crippen molar-refractivity contribution in [2.45, 2.75) is 25.7 Å². The Bertz CT molecular complexity index is 640. The van der Waals surface area contributed by atoms with Gasteiger partial charge in [0.1, 0.15) is 0 Å². The van der Waals surface area contributed by atoms with Crippen molar-refractivity contribution < 1.29 is 9.59 Å². The van der Waals surface area contributed by atoms with Crippen LogP contribution in [0.2, 0.25) is 0 Å². The number of rotatable bonds is 3. The number of carbonyl (C=O) groups excluding carboxylic acids is 2. The molecule has 2 fully saturated rings. The molecule has 1 aromatic rings. The van der Waals surface area contributed by atoms with E-state index in [1.165, 1.54) is 16.2 Å². The highest BCUT2D eigenvalue weighted by atomic mass is 32.2. The summed E-state index contributed by atoms with van der Waals surface area (Å²) in [6.07, 6.45) is 3.55. The molecule has 4 nitrogen and oxygen atoms in total. The fraction of sp³-hybridized carbons (Fsp3) is 0.556. The molecule has 1 aromatic carbocycles. The number of aryl methyl sites for hydroxylation is 1. The Labute approximate surface area is 141 Å². The van der Waals surface area contributed by atoms with Gasteiger partial charge >= 0.3 is 0 Å². The van der Waals surface area contributed by atoms with Crippen molar-refractivity contribution in [3.8, 4) is 0 Å². The van der Waals surface area contributed by atoms with Crippen LogP contribution in [0.25, 0.3) is 0 Å². The summed E-state index contributed by atoms with van der Waals surface area (Å²) in [5.41, 5.74) is 2.27. The molecule has 4 rings (SSSR count). The third-order valence-electron chi connectivity index (χ3n) is 5.39. The highest BCUT2D eigenvalue weighted by Crippen LogP contribution is 2.44. The molecule has 0 radical (unpaired) electrons. The maximum atomic E-state index is 12.7. The summed E-state index contributed by atoms with van der Waals surface area (Å²) >= 11 is 1.80. The average molecular weight is 330 g/mol. The molecule has 0 bridgehead atoms. The van der Waals surface area contributed by atoms with Crippen molar-refractivity contribution in [1.82, 2.24) is 4.90 Å². The highest BCUT2D eigenvalue weighted by Gasteiger charge is 2.52. The first-order chi connectivity index (χ1) is 11.2. The first-order valence-electron chi connectivity index (χ1n) is 8.45. The van der Waals surface area contributed by atoms with Crippen LogP contribution in [0.1, 0.15) is 24.8 Å². The highest BCUT2D eigenvalue weighted by molar-refractivity contribution is 7.99. The molecule has 0 saturated carbocycles. The van der Waals surface area contributed by atoms with Crippen molar-refractivity contribution in [3.63, 3.8) is 0 Å². The predicted octanol–water partition coefficient (Wildman–Crippen LogP) is 2.32. The number of imide groups is 1. The predicted molar refractivity (Wildman–Crippen MR) is 92.7 cm³/mol. The standard InChI is InChI=1S/C18H22N2O2S/c21-16-12-18(7-11-23-13-18)17(22)20(16)10-9-19-8-3-5-14-4-1-2-6-15(14)19/h1-2,4,6H,3,5,7-13H2/t18-/m1/s1. The van der Waals surface area contributed by atoms with Crippen molar-refractivity contribution in [1.29, 1.82) is 0 Å². The number of amides is 2. The van der Waals surface area contributed by atoms with Crippen LogP contribution >= 0.6 is 11.8 Å². The van der Waals surface area contributed by atoms with E-state index in [0.717, 1.165) is 43.9 Å². The lowest BCUT2D eigenvalue weighted by atomic mass is 9.86. The van der Waals surface area contributed by atoms with E-state index in [1.54, 1.807) is 11.8 Å². The minimum absolute atomic E-state index is 0.0304. The number of benzene rings is 1. The second kappa shape index (κ2) is 5.86. The van der Waals surface area contributed by atoms with Gasteiger partial charge in [-0.05, 0) is 36.6 Å². The van der Waals surface area contributed by atoms with Crippen LogP contribution in [0.5, 0.6) is 0 Å². The molecule has 0 aliphatic carbocycles. The van der Waals surface area contributed by atoms with Gasteiger partial charge in [0.05, 0.1) is 5.41 Å². The number of thioether (sulfide) groups is 1. The van der Waals surface area contributed by atoms with Crippen LogP contribution in [0, 0.1) is 5.41 Å². The van der Waals surface area contributed by atoms with E-state index in [2.05, 4.69) is 29.2 Å². The van der Waals surface area contributed by atoms with Crippen LogP contribution in [0.3, 0.4) is 0 Å². The maximum Gasteiger partial charge on any atom is 0.236 e. The van der Waals surface area contributed by atoms with Gasteiger partial charge in [0.25, 0.3) is 0 Å². The van der Waals surface area contributed by atoms with E-state index in [-0.39, 0.29) is 17.2 Å². The molecule has 5 heteroatoms. The summed E-state index contributed by atoms with van der Waals surface area (Å²) in [4.78, 5) is 28.9. The Balaban J connectivity index is 1.46. The van der Waals surface area contributed by atoms with Crippen LogP contribution in [0.15, 0.2) is 24.3 Å². The van der Waals surface area contributed by atoms with Gasteiger partial charge in [0, 0.05) is 37.5 Å². The largest absolute Gasteiger partial charge is 0.370 e. The van der Waals surface area contributed by atoms with Crippen molar-refractivity contribution in [2.24, 2.45) is 5.41 Å². The Kier molecular flexibility index (Phi) is 3.84. The maximum absolute atomic E-state index is 12.7. The van der Waals surface area contributed by atoms with Crippen LogP contribution in [-0.2, 0) is 16.0 Å². The number of fused-ring (bicyclic) bond motifs is 1. The van der Waals surface area contributed by atoms with Crippen molar-refractivity contribution >= 4 is 29.3 Å². The van der Waals surface area contributed by atoms with Gasteiger partial charge in [-0.2, -0.15) is 11.8 Å². The van der Waals surface area contributed by atoms with Gasteiger partial charge < -0.3 is 4.90 Å². The number of carbonyl (C=O) groups is 2. The summed E-state index contributed by atoms with van der Waals surface area (Å²) < 4.78 is 0. The zero-order chi connectivity index (χ0) is 15.9. The monoisotopic (exact) mass is 330 g/mol. The van der Waals surface area contributed by atoms with Crippen LogP contribution < -0.4 is 4.90 Å². The number of nitrogens with zero attached hydrogens (tertiary/aromatic N) is 2. The fourth-order valence-corrected chi connectivity index (χ4v) is 5.51. The summed E-state index contributed by atoms with van der Waals surface area (Å²) in [6, 6.07) is 8.47. The number of likely N-dealkylation sites (tertiary alicyclic amines) is 1. The van der Waals surface area contributed by atoms with E-state index in [1.807, 2.05) is 0 Å². The normalized spacial score (nSPS) is 27.1. The molecule has 1 spiro atoms. The third-order valence-corrected chi connectivity index (χ3v) is 6.64. The third kappa shape index (κ3) is 2.55. The SMILES string of the molecule is O=C1C[C@@]2(CCSC2)C(=O)N1CCN1CCCc2ccccc21. The second-order valence-electron chi connectivity index (χ2n) is 6.83. The lowest BCUT2D eigenvalue weighted by molar-refractivity contribution is -0.140. The van der Waals surface area contributed by atoms with Crippen molar-refractivity contribution in [2.75, 3.05) is 36.0 Å². The van der Waals surface area contributed by atoms with E-state index in [0.29, 0.717) is 13.0 Å². The lowest BCUT2D eigenvalue weighted by Gasteiger charge is -2.32. The van der Waals surface area contributed by atoms with Gasteiger partial charge in [-0.1, -0.05) is 18.2 Å². The molecule has 2 saturated heterocycles. The van der Waals surface area contributed by atoms with E-state index in [9.17, 15) is 9.59 Å². The van der Waals surface area contributed by atoms with Gasteiger partial charge in [0.2, 0.25) is 11.8 Å². The Morgan fingerprint density at radius 3 is 2.87 bits per heavy atom. The molecule has 0 aromatic heterocycles. The van der Waals surface area contributed by atoms with E-state index in [4.69, 9.17) is 0 Å². The summed E-state index contributed by atoms with van der Waals surface area (Å²) in [7, 11) is 0. The molecule has 122 valence electrons. The molecule has 3 heterocycles. The van der Waals surface area contributed by atoms with Gasteiger partial charge in [0.15, 0.2) is 0 Å². The molecule has 3 aliphatic rings. The number of hydrogen-bond acceptors (Lipinski definition) is 4. The topological polar surface area (TPSA) is 40.6 Å². The first-order valence-corrected chi connectivity index (χ1v) is 9.60. The molecule has 3 aliphatic heterocycles. The number of hydrogen-bond donors (Lipinski definition) is 0. The number of anilines is 1. The molecule has 23 heavy (non-hydrogen) atoms. The Morgan fingerprint density at radius 2 is 2.04 bits per heavy atom. The van der Waals surface area contributed by atoms with Crippen LogP contribution in [-0.4, -0.2) is 47.9 Å². The molecule has 1 atom stereocenters. The Morgan fingerprint density at radius 1 is 1.17 bits per heavy atom. The zero-order valence-electron chi connectivity index (χ0n) is 13.3. The van der Waals surface area contributed by atoms with Gasteiger partial charge in [-0.25, -0.2) is 0 Å². The second-order valence-corrected chi connectivity index (χ2v) is 7.93. The van der Waals surface area contributed by atoms with E-state index >= 15 is 0 Å². The van der Waals surface area contributed by atoms with E-state index < -0.39 is 0 Å². The zero-order valence-corrected chi connectivity index (χ0v) is 14.1. The average Bonchev–Trinajstić information content (AvgIpc) is 3.12. The van der Waals surface area contributed by atoms with Gasteiger partial charge in [-0.15, -0.1) is 0 Å².